The molecule has 0 spiro atoms. The zero-order valence-corrected chi connectivity index (χ0v) is 11.8. The number of esters is 2. The van der Waals surface area contributed by atoms with E-state index in [1.54, 1.807) is 27.7 Å². The molecule has 0 saturated carbocycles. The number of aliphatic carboxylic acids is 1. The van der Waals surface area contributed by atoms with Gasteiger partial charge in [-0.15, -0.1) is 0 Å². The maximum absolute atomic E-state index is 10.4. The summed E-state index contributed by atoms with van der Waals surface area (Å²) in [6.07, 6.45) is 0.525. The van der Waals surface area contributed by atoms with Crippen LogP contribution in [0, 0.1) is 0 Å². The quantitative estimate of drug-likeness (QED) is 0.563. The van der Waals surface area contributed by atoms with Gasteiger partial charge >= 0.3 is 17.9 Å². The zero-order valence-electron chi connectivity index (χ0n) is 11.8. The molecule has 0 bridgehead atoms. The van der Waals surface area contributed by atoms with Gasteiger partial charge in [-0.25, -0.2) is 14.4 Å². The van der Waals surface area contributed by atoms with E-state index in [1.807, 2.05) is 0 Å². The van der Waals surface area contributed by atoms with Crippen molar-refractivity contribution >= 4 is 17.9 Å². The number of hydrogen-bond acceptors (Lipinski definition) is 6. The van der Waals surface area contributed by atoms with Gasteiger partial charge in [0.05, 0.1) is 13.2 Å². The summed E-state index contributed by atoms with van der Waals surface area (Å²) in [6.45, 7) is 6.93. The minimum Gasteiger partial charge on any atom is -0.479 e. The Labute approximate surface area is 112 Å². The third kappa shape index (κ3) is 8.15. The highest BCUT2D eigenvalue weighted by Gasteiger charge is 2.30. The Morgan fingerprint density at radius 1 is 0.895 bits per heavy atom. The van der Waals surface area contributed by atoms with Crippen molar-refractivity contribution in [2.75, 3.05) is 13.2 Å². The van der Waals surface area contributed by atoms with E-state index >= 15 is 0 Å². The standard InChI is InChI=1S/C6H10O4.C6H12O3/c1-3-9-5(7)6(8)10-4-2;1-3-6(9,4-2)5(7)8/h3-4H2,1-2H3;9H,3-4H2,1-2H3,(H,7,8). The Balaban J connectivity index is 0. The molecule has 0 aliphatic heterocycles. The van der Waals surface area contributed by atoms with Gasteiger partial charge in [-0.3, -0.25) is 0 Å². The predicted molar refractivity (Wildman–Crippen MR) is 66.4 cm³/mol. The number of hydrogen-bond donors (Lipinski definition) is 2. The first kappa shape index (κ1) is 19.7. The number of carbonyl (C=O) groups is 3. The van der Waals surface area contributed by atoms with Gasteiger partial charge in [-0.1, -0.05) is 13.8 Å². The molecule has 7 heteroatoms. The van der Waals surface area contributed by atoms with Gasteiger partial charge in [-0.2, -0.15) is 0 Å². The van der Waals surface area contributed by atoms with E-state index in [-0.39, 0.29) is 26.1 Å². The summed E-state index contributed by atoms with van der Waals surface area (Å²) in [5.74, 6) is -2.98. The lowest BCUT2D eigenvalue weighted by Crippen LogP contribution is -2.36. The van der Waals surface area contributed by atoms with Gasteiger partial charge in [0.1, 0.15) is 0 Å². The van der Waals surface area contributed by atoms with E-state index in [9.17, 15) is 14.4 Å². The van der Waals surface area contributed by atoms with Crippen LogP contribution in [0.1, 0.15) is 40.5 Å². The molecule has 0 heterocycles. The third-order valence-corrected chi connectivity index (χ3v) is 2.29. The summed E-state index contributed by atoms with van der Waals surface area (Å²) in [7, 11) is 0. The largest absolute Gasteiger partial charge is 0.479 e. The monoisotopic (exact) mass is 278 g/mol. The molecule has 0 radical (unpaired) electrons. The minimum atomic E-state index is -1.50. The van der Waals surface area contributed by atoms with Crippen molar-refractivity contribution < 1.29 is 34.1 Å². The van der Waals surface area contributed by atoms with Crippen molar-refractivity contribution in [1.82, 2.24) is 0 Å². The molecule has 0 saturated heterocycles. The molecule has 0 aromatic rings. The number of carboxylic acid groups (broad SMARTS) is 1. The Kier molecular flexibility index (Phi) is 10.7. The number of carbonyl (C=O) groups excluding carboxylic acids is 2. The van der Waals surface area contributed by atoms with Crippen molar-refractivity contribution in [2.24, 2.45) is 0 Å². The molecule has 0 aliphatic carbocycles. The van der Waals surface area contributed by atoms with Crippen molar-refractivity contribution in [2.45, 2.75) is 46.1 Å². The van der Waals surface area contributed by atoms with E-state index in [4.69, 9.17) is 10.2 Å². The molecule has 0 aliphatic rings. The molecule has 0 rings (SSSR count). The molecule has 0 fully saturated rings. The van der Waals surface area contributed by atoms with Crippen LogP contribution in [0.2, 0.25) is 0 Å². The fraction of sp³-hybridized carbons (Fsp3) is 0.750. The number of ether oxygens (including phenoxy) is 2. The second-order valence-corrected chi connectivity index (χ2v) is 3.48. The lowest BCUT2D eigenvalue weighted by atomic mass is 9.98. The summed E-state index contributed by atoms with van der Waals surface area (Å²) in [5.41, 5.74) is -1.50. The molecule has 7 nitrogen and oxygen atoms in total. The first-order valence-corrected chi connectivity index (χ1v) is 6.08. The van der Waals surface area contributed by atoms with Crippen molar-refractivity contribution in [3.63, 3.8) is 0 Å². The van der Waals surface area contributed by atoms with Crippen LogP contribution in [-0.4, -0.2) is 46.9 Å². The summed E-state index contributed by atoms with van der Waals surface area (Å²) in [4.78, 5) is 31.1. The van der Waals surface area contributed by atoms with Crippen LogP contribution in [-0.2, 0) is 23.9 Å². The molecule has 2 N–H and O–H groups in total. The molecule has 0 aromatic heterocycles. The summed E-state index contributed by atoms with van der Waals surface area (Å²) < 4.78 is 8.69. The van der Waals surface area contributed by atoms with E-state index in [1.165, 1.54) is 0 Å². The van der Waals surface area contributed by atoms with Crippen LogP contribution in [0.25, 0.3) is 0 Å². The second kappa shape index (κ2) is 10.3. The van der Waals surface area contributed by atoms with Gasteiger partial charge in [0.25, 0.3) is 0 Å². The van der Waals surface area contributed by atoms with Crippen LogP contribution in [0.3, 0.4) is 0 Å². The van der Waals surface area contributed by atoms with E-state index < -0.39 is 23.5 Å². The topological polar surface area (TPSA) is 110 Å². The van der Waals surface area contributed by atoms with E-state index in [0.29, 0.717) is 0 Å². The maximum atomic E-state index is 10.4. The Hall–Kier alpha value is -1.63. The number of rotatable bonds is 5. The van der Waals surface area contributed by atoms with Crippen LogP contribution in [0.15, 0.2) is 0 Å². The lowest BCUT2D eigenvalue weighted by molar-refractivity contribution is -0.167. The van der Waals surface area contributed by atoms with Gasteiger partial charge in [0.2, 0.25) is 0 Å². The molecule has 0 amide bonds. The SMILES string of the molecule is CCC(O)(CC)C(=O)O.CCOC(=O)C(=O)OCC. The zero-order chi connectivity index (χ0) is 15.5. The minimum absolute atomic E-state index is 0.192. The lowest BCUT2D eigenvalue weighted by Gasteiger charge is -2.18. The average molecular weight is 278 g/mol. The molecule has 19 heavy (non-hydrogen) atoms. The van der Waals surface area contributed by atoms with Crippen molar-refractivity contribution in [1.29, 1.82) is 0 Å². The molecule has 0 aromatic carbocycles. The highest BCUT2D eigenvalue weighted by Crippen LogP contribution is 2.13. The summed E-state index contributed by atoms with van der Waals surface area (Å²) in [5, 5.41) is 17.5. The highest BCUT2D eigenvalue weighted by atomic mass is 16.6. The molecular weight excluding hydrogens is 256 g/mol. The van der Waals surface area contributed by atoms with E-state index in [2.05, 4.69) is 9.47 Å². The second-order valence-electron chi connectivity index (χ2n) is 3.48. The van der Waals surface area contributed by atoms with Crippen molar-refractivity contribution in [3.8, 4) is 0 Å². The summed E-state index contributed by atoms with van der Waals surface area (Å²) >= 11 is 0. The normalized spacial score (nSPS) is 9.95. The maximum Gasteiger partial charge on any atom is 0.417 e. The fourth-order valence-electron chi connectivity index (χ4n) is 0.932. The fourth-order valence-corrected chi connectivity index (χ4v) is 0.932. The Morgan fingerprint density at radius 3 is 1.32 bits per heavy atom. The Morgan fingerprint density at radius 2 is 1.21 bits per heavy atom. The first-order valence-electron chi connectivity index (χ1n) is 6.08. The molecule has 0 unspecified atom stereocenters. The van der Waals surface area contributed by atoms with E-state index in [0.717, 1.165) is 0 Å². The predicted octanol–water partition coefficient (Wildman–Crippen LogP) is 0.735. The van der Waals surface area contributed by atoms with Gasteiger partial charge in [0, 0.05) is 0 Å². The average Bonchev–Trinajstić information content (AvgIpc) is 2.38. The van der Waals surface area contributed by atoms with Gasteiger partial charge in [0.15, 0.2) is 5.60 Å². The summed E-state index contributed by atoms with van der Waals surface area (Å²) in [6, 6.07) is 0. The third-order valence-electron chi connectivity index (χ3n) is 2.29. The Bertz CT molecular complexity index is 278. The number of carboxylic acids is 1. The van der Waals surface area contributed by atoms with Crippen LogP contribution >= 0.6 is 0 Å². The van der Waals surface area contributed by atoms with Crippen LogP contribution < -0.4 is 0 Å². The van der Waals surface area contributed by atoms with Gasteiger partial charge < -0.3 is 19.7 Å². The molecular formula is C12H22O7. The molecule has 112 valence electrons. The van der Waals surface area contributed by atoms with Crippen LogP contribution in [0.5, 0.6) is 0 Å². The number of aliphatic hydroxyl groups is 1. The highest BCUT2D eigenvalue weighted by molar-refractivity contribution is 6.29. The van der Waals surface area contributed by atoms with Crippen molar-refractivity contribution in [3.05, 3.63) is 0 Å². The van der Waals surface area contributed by atoms with Crippen LogP contribution in [0.4, 0.5) is 0 Å². The molecule has 0 atom stereocenters. The first-order chi connectivity index (χ1) is 8.78. The smallest absolute Gasteiger partial charge is 0.417 e. The van der Waals surface area contributed by atoms with Gasteiger partial charge in [-0.05, 0) is 26.7 Å².